The lowest BCUT2D eigenvalue weighted by atomic mass is 10.1. The summed E-state index contributed by atoms with van der Waals surface area (Å²) < 4.78 is 5.83. The van der Waals surface area contributed by atoms with Crippen LogP contribution in [0, 0.1) is 0 Å². The number of pyridine rings is 1. The monoisotopic (exact) mass is 269 g/mol. The van der Waals surface area contributed by atoms with Crippen LogP contribution >= 0.6 is 0 Å². The Balaban J connectivity index is 1.91. The Bertz CT molecular complexity index is 585. The van der Waals surface area contributed by atoms with Crippen LogP contribution in [0.1, 0.15) is 11.1 Å². The van der Waals surface area contributed by atoms with Gasteiger partial charge in [-0.25, -0.2) is 0 Å². The number of hydrogen-bond donors (Lipinski definition) is 1. The second-order valence-corrected chi connectivity index (χ2v) is 4.91. The van der Waals surface area contributed by atoms with Gasteiger partial charge in [0.15, 0.2) is 0 Å². The largest absolute Gasteiger partial charge is 0.491 e. The van der Waals surface area contributed by atoms with Gasteiger partial charge in [0.05, 0.1) is 6.54 Å². The number of fused-ring (bicyclic) bond motifs is 1. The van der Waals surface area contributed by atoms with Gasteiger partial charge >= 0.3 is 0 Å². The van der Waals surface area contributed by atoms with Crippen LogP contribution in [0.15, 0.2) is 42.7 Å². The van der Waals surface area contributed by atoms with Crippen LogP contribution in [0.3, 0.4) is 0 Å². The number of rotatable bonds is 3. The molecule has 0 atom stereocenters. The van der Waals surface area contributed by atoms with E-state index in [1.807, 2.05) is 31.6 Å². The van der Waals surface area contributed by atoms with Gasteiger partial charge in [-0.3, -0.25) is 4.98 Å². The minimum atomic E-state index is 0.707. The third kappa shape index (κ3) is 2.60. The van der Waals surface area contributed by atoms with Gasteiger partial charge in [-0.05, 0) is 19.2 Å². The average Bonchev–Trinajstić information content (AvgIpc) is 2.70. The molecule has 0 saturated carbocycles. The summed E-state index contributed by atoms with van der Waals surface area (Å²) in [5, 5.41) is 3.20. The van der Waals surface area contributed by atoms with Crippen molar-refractivity contribution in [2.75, 3.05) is 25.1 Å². The highest BCUT2D eigenvalue weighted by atomic mass is 16.5. The zero-order valence-corrected chi connectivity index (χ0v) is 11.7. The predicted octanol–water partition coefficient (Wildman–Crippen LogP) is 2.20. The number of nitrogens with zero attached hydrogens (tertiary/aromatic N) is 2. The first kappa shape index (κ1) is 12.9. The second-order valence-electron chi connectivity index (χ2n) is 4.91. The van der Waals surface area contributed by atoms with Crippen molar-refractivity contribution in [3.63, 3.8) is 0 Å². The van der Waals surface area contributed by atoms with E-state index in [1.165, 1.54) is 16.8 Å². The molecular formula is C16H19N3O. The van der Waals surface area contributed by atoms with Crippen molar-refractivity contribution in [3.05, 3.63) is 53.9 Å². The van der Waals surface area contributed by atoms with Crippen molar-refractivity contribution >= 4 is 5.69 Å². The Kier molecular flexibility index (Phi) is 3.83. The number of aromatic nitrogens is 1. The Morgan fingerprint density at radius 1 is 1.30 bits per heavy atom. The number of ether oxygens (including phenoxy) is 1. The van der Waals surface area contributed by atoms with E-state index in [1.54, 1.807) is 0 Å². The Hall–Kier alpha value is -2.07. The summed E-state index contributed by atoms with van der Waals surface area (Å²) in [4.78, 5) is 6.59. The van der Waals surface area contributed by atoms with Crippen LogP contribution in [-0.2, 0) is 13.1 Å². The first-order valence-electron chi connectivity index (χ1n) is 6.91. The summed E-state index contributed by atoms with van der Waals surface area (Å²) in [7, 11) is 1.96. The van der Waals surface area contributed by atoms with Crippen molar-refractivity contribution in [2.45, 2.75) is 13.1 Å². The van der Waals surface area contributed by atoms with Crippen LogP contribution in [0.5, 0.6) is 5.75 Å². The van der Waals surface area contributed by atoms with Gasteiger partial charge in [0.25, 0.3) is 0 Å². The van der Waals surface area contributed by atoms with Crippen molar-refractivity contribution < 1.29 is 4.74 Å². The predicted molar refractivity (Wildman–Crippen MR) is 80.0 cm³/mol. The number of para-hydroxylation sites is 1. The lowest BCUT2D eigenvalue weighted by Gasteiger charge is -2.24. The van der Waals surface area contributed by atoms with E-state index in [0.717, 1.165) is 25.4 Å². The summed E-state index contributed by atoms with van der Waals surface area (Å²) in [6.45, 7) is 3.28. The highest BCUT2D eigenvalue weighted by Gasteiger charge is 2.17. The maximum atomic E-state index is 5.83. The molecule has 0 amide bonds. The molecule has 0 unspecified atom stereocenters. The van der Waals surface area contributed by atoms with E-state index in [4.69, 9.17) is 4.74 Å². The number of benzene rings is 1. The molecule has 20 heavy (non-hydrogen) atoms. The van der Waals surface area contributed by atoms with E-state index in [9.17, 15) is 0 Å². The molecule has 4 nitrogen and oxygen atoms in total. The molecule has 104 valence electrons. The molecule has 1 aromatic carbocycles. The van der Waals surface area contributed by atoms with Gasteiger partial charge in [-0.2, -0.15) is 0 Å². The Morgan fingerprint density at radius 3 is 3.10 bits per heavy atom. The van der Waals surface area contributed by atoms with E-state index >= 15 is 0 Å². The third-order valence-electron chi connectivity index (χ3n) is 3.54. The Labute approximate surface area is 119 Å². The quantitative estimate of drug-likeness (QED) is 0.927. The molecule has 0 saturated heterocycles. The van der Waals surface area contributed by atoms with Crippen molar-refractivity contribution in [1.82, 2.24) is 10.3 Å². The standard InChI is InChI=1S/C16H19N3O/c1-17-10-14-11-18-7-6-15(14)19-8-9-20-16-5-3-2-4-13(16)12-19/h2-7,11,17H,8-10,12H2,1H3. The van der Waals surface area contributed by atoms with Gasteiger partial charge in [0.2, 0.25) is 0 Å². The smallest absolute Gasteiger partial charge is 0.124 e. The second kappa shape index (κ2) is 5.92. The minimum absolute atomic E-state index is 0.707. The van der Waals surface area contributed by atoms with Gasteiger partial charge in [-0.1, -0.05) is 18.2 Å². The lowest BCUT2D eigenvalue weighted by molar-refractivity contribution is 0.331. The van der Waals surface area contributed by atoms with Crippen LogP contribution in [0.25, 0.3) is 0 Å². The third-order valence-corrected chi connectivity index (χ3v) is 3.54. The van der Waals surface area contributed by atoms with Crippen molar-refractivity contribution in [1.29, 1.82) is 0 Å². The maximum Gasteiger partial charge on any atom is 0.124 e. The highest BCUT2D eigenvalue weighted by Crippen LogP contribution is 2.27. The van der Waals surface area contributed by atoms with Crippen LogP contribution in [0.4, 0.5) is 5.69 Å². The van der Waals surface area contributed by atoms with Crippen LogP contribution in [0.2, 0.25) is 0 Å². The van der Waals surface area contributed by atoms with Gasteiger partial charge in [0, 0.05) is 42.3 Å². The summed E-state index contributed by atoms with van der Waals surface area (Å²) >= 11 is 0. The molecule has 1 aliphatic heterocycles. The summed E-state index contributed by atoms with van der Waals surface area (Å²) in [5.41, 5.74) is 3.68. The zero-order chi connectivity index (χ0) is 13.8. The normalized spacial score (nSPS) is 14.3. The molecular weight excluding hydrogens is 250 g/mol. The molecule has 1 N–H and O–H groups in total. The topological polar surface area (TPSA) is 37.4 Å². The molecule has 0 radical (unpaired) electrons. The van der Waals surface area contributed by atoms with E-state index in [2.05, 4.69) is 33.4 Å². The molecule has 0 bridgehead atoms. The van der Waals surface area contributed by atoms with Crippen LogP contribution < -0.4 is 15.0 Å². The van der Waals surface area contributed by atoms with E-state index in [-0.39, 0.29) is 0 Å². The molecule has 0 spiro atoms. The summed E-state index contributed by atoms with van der Waals surface area (Å²) in [6.07, 6.45) is 3.79. The molecule has 4 heteroatoms. The fourth-order valence-electron chi connectivity index (χ4n) is 2.59. The molecule has 3 rings (SSSR count). The first-order chi connectivity index (χ1) is 9.88. The zero-order valence-electron chi connectivity index (χ0n) is 11.7. The fraction of sp³-hybridized carbons (Fsp3) is 0.312. The molecule has 1 aromatic heterocycles. The minimum Gasteiger partial charge on any atom is -0.491 e. The highest BCUT2D eigenvalue weighted by molar-refractivity contribution is 5.54. The number of nitrogens with one attached hydrogen (secondary N) is 1. The van der Waals surface area contributed by atoms with Gasteiger partial charge in [-0.15, -0.1) is 0 Å². The van der Waals surface area contributed by atoms with Gasteiger partial charge in [0.1, 0.15) is 12.4 Å². The molecule has 2 heterocycles. The Morgan fingerprint density at radius 2 is 2.20 bits per heavy atom. The van der Waals surface area contributed by atoms with Gasteiger partial charge < -0.3 is 15.0 Å². The van der Waals surface area contributed by atoms with Crippen LogP contribution in [-0.4, -0.2) is 25.2 Å². The summed E-state index contributed by atoms with van der Waals surface area (Å²) in [6, 6.07) is 10.3. The van der Waals surface area contributed by atoms with E-state index in [0.29, 0.717) is 6.61 Å². The molecule has 1 aliphatic rings. The lowest BCUT2D eigenvalue weighted by Crippen LogP contribution is -2.27. The average molecular weight is 269 g/mol. The number of anilines is 1. The molecule has 0 aliphatic carbocycles. The SMILES string of the molecule is CNCc1cnccc1N1CCOc2ccccc2C1. The van der Waals surface area contributed by atoms with Crippen molar-refractivity contribution in [3.8, 4) is 5.75 Å². The van der Waals surface area contributed by atoms with E-state index < -0.39 is 0 Å². The molecule has 0 fully saturated rings. The summed E-state index contributed by atoms with van der Waals surface area (Å²) in [5.74, 6) is 0.999. The fourth-order valence-corrected chi connectivity index (χ4v) is 2.59. The number of hydrogen-bond acceptors (Lipinski definition) is 4. The molecule has 2 aromatic rings. The first-order valence-corrected chi connectivity index (χ1v) is 6.91. The maximum absolute atomic E-state index is 5.83. The van der Waals surface area contributed by atoms with Crippen molar-refractivity contribution in [2.24, 2.45) is 0 Å².